The van der Waals surface area contributed by atoms with Gasteiger partial charge in [0.05, 0.1) is 0 Å². The molecule has 2 atom stereocenters. The topological polar surface area (TPSA) is 85.1 Å². The van der Waals surface area contributed by atoms with Crippen molar-refractivity contribution in [2.45, 2.75) is 12.7 Å². The van der Waals surface area contributed by atoms with Crippen molar-refractivity contribution >= 4 is 29.3 Å². The van der Waals surface area contributed by atoms with Gasteiger partial charge < -0.3 is 14.7 Å². The molecule has 35 heavy (non-hydrogen) atoms. The van der Waals surface area contributed by atoms with Gasteiger partial charge >= 0.3 is 0 Å². The van der Waals surface area contributed by atoms with E-state index in [0.717, 1.165) is 5.56 Å². The Balaban J connectivity index is 1.92. The Morgan fingerprint density at radius 3 is 1.71 bits per heavy atom. The van der Waals surface area contributed by atoms with E-state index in [4.69, 9.17) is 0 Å². The lowest BCUT2D eigenvalue weighted by atomic mass is 10.1. The van der Waals surface area contributed by atoms with Crippen molar-refractivity contribution in [2.24, 2.45) is 0 Å². The van der Waals surface area contributed by atoms with Crippen LogP contribution in [-0.4, -0.2) is 22.6 Å². The summed E-state index contributed by atoms with van der Waals surface area (Å²) in [7, 11) is -3.42. The zero-order valence-corrected chi connectivity index (χ0v) is 20.2. The molecule has 4 aromatic carbocycles. The molecule has 0 heterocycles. The number of carbonyl (C=O) groups is 1. The number of nitrogens with zero attached hydrogens (tertiary/aromatic N) is 1. The van der Waals surface area contributed by atoms with E-state index in [2.05, 4.69) is 0 Å². The molecule has 0 saturated carbocycles. The Morgan fingerprint density at radius 2 is 1.29 bits per heavy atom. The molecule has 0 aliphatic heterocycles. The molecule has 7 heteroatoms. The van der Waals surface area contributed by atoms with Crippen LogP contribution in [0.3, 0.4) is 0 Å². The summed E-state index contributed by atoms with van der Waals surface area (Å²) in [5, 5.41) is 20.8. The summed E-state index contributed by atoms with van der Waals surface area (Å²) in [6.45, 7) is 2.17. The zero-order valence-electron chi connectivity index (χ0n) is 19.3. The molecule has 0 spiro atoms. The minimum absolute atomic E-state index is 0.100. The van der Waals surface area contributed by atoms with Gasteiger partial charge in [-0.2, -0.15) is 5.23 Å². The molecule has 0 saturated heterocycles. The maximum Gasteiger partial charge on any atom is 0.254 e. The van der Waals surface area contributed by atoms with Crippen molar-refractivity contribution in [1.82, 2.24) is 4.90 Å². The van der Waals surface area contributed by atoms with Crippen LogP contribution in [0.1, 0.15) is 28.6 Å². The van der Waals surface area contributed by atoms with Gasteiger partial charge in [0.1, 0.15) is 5.78 Å². The lowest BCUT2D eigenvalue weighted by Crippen LogP contribution is -2.99. The average molecular weight is 487 g/mol. The average Bonchev–Trinajstić information content (AvgIpc) is 2.92. The van der Waals surface area contributed by atoms with Crippen LogP contribution in [0.5, 0.6) is 0 Å². The second kappa shape index (κ2) is 10.8. The zero-order chi connectivity index (χ0) is 24.8. The summed E-state index contributed by atoms with van der Waals surface area (Å²) in [4.78, 5) is 15.5. The first-order valence-corrected chi connectivity index (χ1v) is 13.1. The van der Waals surface area contributed by atoms with E-state index >= 15 is 4.57 Å². The number of hydrogen-bond donors (Lipinski definition) is 2. The number of quaternary nitrogens is 1. The third-order valence-electron chi connectivity index (χ3n) is 6.00. The van der Waals surface area contributed by atoms with Crippen LogP contribution in [0, 0.1) is 5.21 Å². The molecule has 4 rings (SSSR count). The predicted molar refractivity (Wildman–Crippen MR) is 138 cm³/mol. The van der Waals surface area contributed by atoms with Crippen LogP contribution in [0.2, 0.25) is 0 Å². The molecule has 0 aliphatic rings. The van der Waals surface area contributed by atoms with Gasteiger partial charge in [-0.3, -0.25) is 4.79 Å². The van der Waals surface area contributed by atoms with Crippen molar-refractivity contribution in [1.29, 1.82) is 0 Å². The molecule has 0 aliphatic carbocycles. The minimum Gasteiger partial charge on any atom is -0.595 e. The number of rotatable bonds is 8. The molecule has 0 bridgehead atoms. The van der Waals surface area contributed by atoms with E-state index in [9.17, 15) is 15.2 Å². The standard InChI is InChI=1S/C28H27N2O4P/c1-2-29(27(31)22-18-20-24(21-19-22)30(32)33)28(23-12-6-3-7-13-23)35(34,25-14-8-4-9-15-25)26-16-10-5-11-17-26/h3-21,28,30,32H,2H2,1H3. The Labute approximate surface area is 205 Å². The number of carbonyl (C=O) groups excluding carboxylic acids is 1. The van der Waals surface area contributed by atoms with E-state index in [0.29, 0.717) is 22.7 Å². The molecule has 0 aromatic heterocycles. The highest BCUT2D eigenvalue weighted by Gasteiger charge is 2.43. The van der Waals surface area contributed by atoms with Crippen molar-refractivity contribution < 1.29 is 19.8 Å². The molecule has 6 nitrogen and oxygen atoms in total. The molecule has 4 aromatic rings. The Bertz CT molecular complexity index is 1250. The SMILES string of the molecule is CCN(C(=O)c1ccc([NH+]([O-])O)cc1)C(c1ccccc1)P(=O)(c1ccccc1)c1ccccc1. The monoisotopic (exact) mass is 486 g/mol. The van der Waals surface area contributed by atoms with Crippen LogP contribution in [-0.2, 0) is 4.57 Å². The molecule has 2 unspecified atom stereocenters. The van der Waals surface area contributed by atoms with Crippen molar-refractivity contribution in [3.63, 3.8) is 0 Å². The van der Waals surface area contributed by atoms with Gasteiger partial charge in [0.15, 0.2) is 12.8 Å². The molecule has 1 amide bonds. The maximum atomic E-state index is 15.3. The molecule has 178 valence electrons. The quantitative estimate of drug-likeness (QED) is 0.288. The molecule has 0 radical (unpaired) electrons. The van der Waals surface area contributed by atoms with Gasteiger partial charge in [0.2, 0.25) is 0 Å². The normalized spacial score (nSPS) is 13.1. The van der Waals surface area contributed by atoms with Crippen LogP contribution in [0.4, 0.5) is 5.69 Å². The van der Waals surface area contributed by atoms with E-state index in [1.54, 1.807) is 4.90 Å². The highest BCUT2D eigenvalue weighted by Crippen LogP contribution is 2.58. The van der Waals surface area contributed by atoms with Crippen LogP contribution in [0.25, 0.3) is 0 Å². The van der Waals surface area contributed by atoms with Gasteiger partial charge in [-0.05, 0) is 24.6 Å². The fourth-order valence-corrected chi connectivity index (χ4v) is 7.64. The second-order valence-corrected chi connectivity index (χ2v) is 10.9. The van der Waals surface area contributed by atoms with Gasteiger partial charge in [0, 0.05) is 34.9 Å². The number of hydrogen-bond acceptors (Lipinski definition) is 4. The first kappa shape index (κ1) is 24.6. The van der Waals surface area contributed by atoms with E-state index in [1.165, 1.54) is 24.3 Å². The highest BCUT2D eigenvalue weighted by molar-refractivity contribution is 7.79. The summed E-state index contributed by atoms with van der Waals surface area (Å²) in [5.74, 6) is -1.07. The highest BCUT2D eigenvalue weighted by atomic mass is 31.2. The maximum absolute atomic E-state index is 15.3. The van der Waals surface area contributed by atoms with Gasteiger partial charge in [0.25, 0.3) is 5.91 Å². The largest absolute Gasteiger partial charge is 0.595 e. The van der Waals surface area contributed by atoms with Crippen LogP contribution >= 0.6 is 7.14 Å². The van der Waals surface area contributed by atoms with E-state index in [1.807, 2.05) is 97.9 Å². The number of amides is 1. The molecular weight excluding hydrogens is 459 g/mol. The number of benzene rings is 4. The Hall–Kier alpha value is -3.54. The van der Waals surface area contributed by atoms with Gasteiger partial charge in [-0.1, -0.05) is 91.0 Å². The molecule has 2 N–H and O–H groups in total. The first-order chi connectivity index (χ1) is 17.0. The lowest BCUT2D eigenvalue weighted by molar-refractivity contribution is -0.991. The third kappa shape index (κ3) is 4.97. The van der Waals surface area contributed by atoms with Crippen molar-refractivity contribution in [3.8, 4) is 0 Å². The third-order valence-corrected chi connectivity index (χ3v) is 9.39. The van der Waals surface area contributed by atoms with Crippen molar-refractivity contribution in [3.05, 3.63) is 132 Å². The van der Waals surface area contributed by atoms with Gasteiger partial charge in [-0.15, -0.1) is 0 Å². The molecular formula is C28H27N2O4P. The summed E-state index contributed by atoms with van der Waals surface area (Å²) in [6.07, 6.45) is 0. The van der Waals surface area contributed by atoms with Crippen LogP contribution in [0.15, 0.2) is 115 Å². The predicted octanol–water partition coefficient (Wildman–Crippen LogP) is 4.27. The lowest BCUT2D eigenvalue weighted by Gasteiger charge is -2.37. The Morgan fingerprint density at radius 1 is 0.829 bits per heavy atom. The Kier molecular flexibility index (Phi) is 7.59. The van der Waals surface area contributed by atoms with E-state index < -0.39 is 18.2 Å². The first-order valence-electron chi connectivity index (χ1n) is 11.4. The fraction of sp³-hybridized carbons (Fsp3) is 0.107. The summed E-state index contributed by atoms with van der Waals surface area (Å²) >= 11 is 0. The number of nitrogens with one attached hydrogen (secondary N) is 1. The summed E-state index contributed by atoms with van der Waals surface area (Å²) in [6, 6.07) is 33.9. The smallest absolute Gasteiger partial charge is 0.254 e. The van der Waals surface area contributed by atoms with Crippen molar-refractivity contribution in [2.75, 3.05) is 6.54 Å². The summed E-state index contributed by atoms with van der Waals surface area (Å²) in [5.41, 5.74) is 1.20. The molecule has 0 fully saturated rings. The van der Waals surface area contributed by atoms with Gasteiger partial charge in [-0.25, -0.2) is 5.21 Å². The van der Waals surface area contributed by atoms with Crippen LogP contribution < -0.4 is 15.8 Å². The minimum atomic E-state index is -3.42. The summed E-state index contributed by atoms with van der Waals surface area (Å²) < 4.78 is 15.3. The fourth-order valence-electron chi connectivity index (χ4n) is 4.29. The van der Waals surface area contributed by atoms with E-state index in [-0.39, 0.29) is 11.6 Å². The second-order valence-electron chi connectivity index (χ2n) is 8.09.